The van der Waals surface area contributed by atoms with Gasteiger partial charge in [0.2, 0.25) is 0 Å². The van der Waals surface area contributed by atoms with E-state index in [1.807, 2.05) is 0 Å². The molecule has 1 saturated heterocycles. The van der Waals surface area contributed by atoms with Crippen molar-refractivity contribution < 1.29 is 13.6 Å². The molecule has 1 aliphatic rings. The maximum atomic E-state index is 13.9. The van der Waals surface area contributed by atoms with Crippen LogP contribution in [-0.4, -0.2) is 39.2 Å². The van der Waals surface area contributed by atoms with E-state index in [1.54, 1.807) is 23.6 Å². The quantitative estimate of drug-likeness (QED) is 0.828. The lowest BCUT2D eigenvalue weighted by molar-refractivity contribution is 0.0770. The largest absolute Gasteiger partial charge is 0.337 e. The van der Waals surface area contributed by atoms with Crippen molar-refractivity contribution in [2.45, 2.75) is 18.6 Å². The summed E-state index contributed by atoms with van der Waals surface area (Å²) in [5.41, 5.74) is 1.00. The molecule has 0 N–H and O–H groups in total. The number of amides is 1. The Morgan fingerprint density at radius 1 is 1.35 bits per heavy atom. The molecule has 0 aliphatic carbocycles. The summed E-state index contributed by atoms with van der Waals surface area (Å²) >= 11 is 2.65. The molecule has 1 aromatic heterocycles. The normalized spacial score (nSPS) is 18.7. The van der Waals surface area contributed by atoms with Crippen molar-refractivity contribution in [3.05, 3.63) is 46.0 Å². The highest BCUT2D eigenvalue weighted by molar-refractivity contribution is 7.99. The van der Waals surface area contributed by atoms with Gasteiger partial charge in [0, 0.05) is 29.7 Å². The van der Waals surface area contributed by atoms with Crippen molar-refractivity contribution in [1.29, 1.82) is 0 Å². The monoisotopic (exact) mass is 355 g/mol. The summed E-state index contributed by atoms with van der Waals surface area (Å²) < 4.78 is 31.1. The topological polar surface area (TPSA) is 46.1 Å². The number of halogens is 2. The number of aryl methyl sites for hydroxylation is 1. The molecule has 122 valence electrons. The van der Waals surface area contributed by atoms with Crippen LogP contribution in [0, 0.1) is 18.6 Å². The fourth-order valence-corrected chi connectivity index (χ4v) is 4.42. The molecular formula is C15H15F2N3OS2. The summed E-state index contributed by atoms with van der Waals surface area (Å²) in [6.07, 6.45) is 0.585. The van der Waals surface area contributed by atoms with Crippen LogP contribution in [0.3, 0.4) is 0 Å². The van der Waals surface area contributed by atoms with Crippen LogP contribution in [-0.2, 0) is 0 Å². The average molecular weight is 355 g/mol. The first kappa shape index (κ1) is 16.3. The highest BCUT2D eigenvalue weighted by atomic mass is 32.2. The minimum absolute atomic E-state index is 0.0848. The summed E-state index contributed by atoms with van der Waals surface area (Å²) in [7, 11) is 0. The van der Waals surface area contributed by atoms with Gasteiger partial charge in [0.05, 0.1) is 5.69 Å². The van der Waals surface area contributed by atoms with Crippen molar-refractivity contribution in [3.63, 3.8) is 0 Å². The van der Waals surface area contributed by atoms with E-state index >= 15 is 0 Å². The third-order valence-corrected chi connectivity index (χ3v) is 5.91. The first-order chi connectivity index (χ1) is 11.1. The van der Waals surface area contributed by atoms with Crippen molar-refractivity contribution in [2.75, 3.05) is 18.8 Å². The Hall–Kier alpha value is -1.54. The van der Waals surface area contributed by atoms with Gasteiger partial charge in [-0.15, -0.1) is 5.10 Å². The van der Waals surface area contributed by atoms with Crippen LogP contribution < -0.4 is 0 Å². The number of nitrogens with zero attached hydrogens (tertiary/aromatic N) is 3. The van der Waals surface area contributed by atoms with Crippen molar-refractivity contribution in [1.82, 2.24) is 14.5 Å². The molecule has 0 radical (unpaired) electrons. The van der Waals surface area contributed by atoms with Gasteiger partial charge in [-0.2, -0.15) is 11.8 Å². The molecule has 2 aromatic rings. The lowest BCUT2D eigenvalue weighted by Crippen LogP contribution is -2.32. The predicted molar refractivity (Wildman–Crippen MR) is 86.7 cm³/mol. The van der Waals surface area contributed by atoms with E-state index < -0.39 is 11.6 Å². The van der Waals surface area contributed by atoms with Gasteiger partial charge < -0.3 is 4.90 Å². The zero-order valence-electron chi connectivity index (χ0n) is 12.5. The summed E-state index contributed by atoms with van der Waals surface area (Å²) in [6, 6.07) is 3.53. The fourth-order valence-electron chi connectivity index (χ4n) is 2.55. The second kappa shape index (κ2) is 6.92. The molecule has 3 rings (SSSR count). The molecular weight excluding hydrogens is 340 g/mol. The molecule has 1 aliphatic heterocycles. The number of hydrogen-bond donors (Lipinski definition) is 0. The minimum atomic E-state index is -0.439. The second-order valence-electron chi connectivity index (χ2n) is 5.29. The first-order valence-electron chi connectivity index (χ1n) is 7.21. The summed E-state index contributed by atoms with van der Waals surface area (Å²) in [6.45, 7) is 2.84. The minimum Gasteiger partial charge on any atom is -0.337 e. The smallest absolute Gasteiger partial charge is 0.267 e. The Morgan fingerprint density at radius 2 is 2.17 bits per heavy atom. The third kappa shape index (κ3) is 3.53. The Morgan fingerprint density at radius 3 is 2.91 bits per heavy atom. The SMILES string of the molecule is Cc1nnsc1C(=O)N1CCSC(c2cc(F)ccc2F)CC1. The van der Waals surface area contributed by atoms with Crippen molar-refractivity contribution in [2.24, 2.45) is 0 Å². The molecule has 0 spiro atoms. The molecule has 1 aromatic carbocycles. The van der Waals surface area contributed by atoms with Crippen molar-refractivity contribution in [3.8, 4) is 0 Å². The standard InChI is InChI=1S/C15H15F2N3OS2/c1-9-14(23-19-18-9)15(21)20-5-4-13(22-7-6-20)11-8-10(16)2-3-12(11)17/h2-3,8,13H,4-7H2,1H3. The Balaban J connectivity index is 1.73. The molecule has 1 amide bonds. The van der Waals surface area contributed by atoms with E-state index in [2.05, 4.69) is 9.59 Å². The van der Waals surface area contributed by atoms with Crippen LogP contribution in [0.2, 0.25) is 0 Å². The van der Waals surface area contributed by atoms with E-state index in [0.29, 0.717) is 41.4 Å². The average Bonchev–Trinajstić information content (AvgIpc) is 2.82. The van der Waals surface area contributed by atoms with Gasteiger partial charge in [0.15, 0.2) is 0 Å². The van der Waals surface area contributed by atoms with E-state index in [-0.39, 0.29) is 11.2 Å². The zero-order valence-corrected chi connectivity index (χ0v) is 14.1. The number of thioether (sulfide) groups is 1. The highest BCUT2D eigenvalue weighted by Gasteiger charge is 2.26. The Bertz CT molecular complexity index is 722. The van der Waals surface area contributed by atoms with Crippen LogP contribution in [0.25, 0.3) is 0 Å². The molecule has 0 bridgehead atoms. The predicted octanol–water partition coefficient (Wildman–Crippen LogP) is 3.45. The molecule has 1 fully saturated rings. The van der Waals surface area contributed by atoms with E-state index in [1.165, 1.54) is 6.07 Å². The lowest BCUT2D eigenvalue weighted by atomic mass is 10.1. The zero-order chi connectivity index (χ0) is 16.4. The van der Waals surface area contributed by atoms with E-state index in [4.69, 9.17) is 0 Å². The van der Waals surface area contributed by atoms with Crippen molar-refractivity contribution >= 4 is 29.2 Å². The van der Waals surface area contributed by atoms with E-state index in [0.717, 1.165) is 23.7 Å². The van der Waals surface area contributed by atoms with Crippen LogP contribution in [0.1, 0.15) is 32.6 Å². The lowest BCUT2D eigenvalue weighted by Gasteiger charge is -2.19. The van der Waals surface area contributed by atoms with Crippen LogP contribution in [0.15, 0.2) is 18.2 Å². The van der Waals surface area contributed by atoms with Crippen LogP contribution >= 0.6 is 23.3 Å². The summed E-state index contributed by atoms with van der Waals surface area (Å²) in [5.74, 6) is -0.243. The summed E-state index contributed by atoms with van der Waals surface area (Å²) in [4.78, 5) is 14.8. The fraction of sp³-hybridized carbons (Fsp3) is 0.400. The molecule has 23 heavy (non-hydrogen) atoms. The molecule has 0 saturated carbocycles. The summed E-state index contributed by atoms with van der Waals surface area (Å²) in [5, 5.41) is 3.72. The van der Waals surface area contributed by atoms with Gasteiger partial charge in [-0.1, -0.05) is 4.49 Å². The highest BCUT2D eigenvalue weighted by Crippen LogP contribution is 2.36. The van der Waals surface area contributed by atoms with Gasteiger partial charge >= 0.3 is 0 Å². The second-order valence-corrected chi connectivity index (χ2v) is 7.36. The number of benzene rings is 1. The molecule has 1 atom stereocenters. The number of rotatable bonds is 2. The molecule has 1 unspecified atom stereocenters. The van der Waals surface area contributed by atoms with Gasteiger partial charge in [-0.3, -0.25) is 4.79 Å². The van der Waals surface area contributed by atoms with Gasteiger partial charge in [-0.05, 0) is 43.1 Å². The van der Waals surface area contributed by atoms with Gasteiger partial charge in [0.1, 0.15) is 16.5 Å². The molecule has 2 heterocycles. The number of hydrogen-bond acceptors (Lipinski definition) is 5. The Kier molecular flexibility index (Phi) is 4.91. The maximum absolute atomic E-state index is 13.9. The number of carbonyl (C=O) groups is 1. The van der Waals surface area contributed by atoms with E-state index in [9.17, 15) is 13.6 Å². The van der Waals surface area contributed by atoms with Crippen LogP contribution in [0.4, 0.5) is 8.78 Å². The van der Waals surface area contributed by atoms with Gasteiger partial charge in [-0.25, -0.2) is 8.78 Å². The molecule has 8 heteroatoms. The van der Waals surface area contributed by atoms with Crippen LogP contribution in [0.5, 0.6) is 0 Å². The first-order valence-corrected chi connectivity index (χ1v) is 9.03. The Labute approximate surface area is 141 Å². The van der Waals surface area contributed by atoms with Gasteiger partial charge in [0.25, 0.3) is 5.91 Å². The number of carbonyl (C=O) groups excluding carboxylic acids is 1. The molecule has 4 nitrogen and oxygen atoms in total. The maximum Gasteiger partial charge on any atom is 0.267 e. The third-order valence-electron chi connectivity index (χ3n) is 3.78. The number of aromatic nitrogens is 2.